The highest BCUT2D eigenvalue weighted by Crippen LogP contribution is 2.36. The Morgan fingerprint density at radius 3 is 1.97 bits per heavy atom. The van der Waals surface area contributed by atoms with E-state index in [1.54, 1.807) is 24.3 Å². The average Bonchev–Trinajstić information content (AvgIpc) is 2.73. The van der Waals surface area contributed by atoms with Gasteiger partial charge < -0.3 is 13.7 Å². The molecule has 0 unspecified atom stereocenters. The molecular weight excluding hydrogens is 460 g/mol. The largest absolute Gasteiger partial charge is 0.493 e. The first-order chi connectivity index (χ1) is 13.9. The van der Waals surface area contributed by atoms with Crippen molar-refractivity contribution in [3.8, 4) is 17.2 Å². The van der Waals surface area contributed by atoms with Crippen molar-refractivity contribution in [1.82, 2.24) is 0 Å². The monoisotopic (exact) mass is 476 g/mol. The number of ether oxygens (including phenoxy) is 2. The fourth-order valence-electron chi connectivity index (χ4n) is 2.62. The van der Waals surface area contributed by atoms with Gasteiger partial charge in [-0.2, -0.15) is 8.42 Å². The highest BCUT2D eigenvalue weighted by atomic mass is 79.9. The molecule has 0 saturated carbocycles. The molecule has 3 aromatic carbocycles. The van der Waals surface area contributed by atoms with Crippen LogP contribution in [0.25, 0.3) is 0 Å². The zero-order valence-electron chi connectivity index (χ0n) is 15.6. The van der Waals surface area contributed by atoms with Gasteiger partial charge in [0.05, 0.1) is 14.2 Å². The van der Waals surface area contributed by atoms with Crippen molar-refractivity contribution in [2.45, 2.75) is 4.90 Å². The first-order valence-electron chi connectivity index (χ1n) is 8.41. The molecule has 8 heteroatoms. The topological polar surface area (TPSA) is 78.9 Å². The number of benzene rings is 3. The number of hydrogen-bond acceptors (Lipinski definition) is 6. The Balaban J connectivity index is 1.85. The molecule has 0 atom stereocenters. The van der Waals surface area contributed by atoms with Gasteiger partial charge in [0, 0.05) is 21.7 Å². The number of carbonyl (C=O) groups is 1. The Morgan fingerprint density at radius 1 is 0.828 bits per heavy atom. The van der Waals surface area contributed by atoms with Crippen molar-refractivity contribution in [3.05, 3.63) is 82.3 Å². The zero-order chi connectivity index (χ0) is 21.0. The summed E-state index contributed by atoms with van der Waals surface area (Å²) in [7, 11) is -1.29. The molecule has 0 saturated heterocycles. The Morgan fingerprint density at radius 2 is 1.38 bits per heavy atom. The second-order valence-electron chi connectivity index (χ2n) is 5.89. The van der Waals surface area contributed by atoms with Crippen LogP contribution >= 0.6 is 15.9 Å². The van der Waals surface area contributed by atoms with Gasteiger partial charge in [-0.1, -0.05) is 30.3 Å². The van der Waals surface area contributed by atoms with E-state index in [9.17, 15) is 13.2 Å². The van der Waals surface area contributed by atoms with Crippen LogP contribution < -0.4 is 13.7 Å². The Labute approximate surface area is 177 Å². The molecule has 0 spiro atoms. The number of methoxy groups -OCH3 is 2. The van der Waals surface area contributed by atoms with Gasteiger partial charge in [-0.05, 0) is 46.3 Å². The molecule has 3 aromatic rings. The lowest BCUT2D eigenvalue weighted by atomic mass is 10.0. The van der Waals surface area contributed by atoms with Gasteiger partial charge in [0.2, 0.25) is 0 Å². The molecule has 0 heterocycles. The van der Waals surface area contributed by atoms with E-state index in [0.717, 1.165) is 0 Å². The standard InChI is InChI=1S/C21H17BrO6S/c1-26-18-12-17(22)20(13-19(18)27-2)29(24,25)28-16-10-8-15(9-11-16)21(23)14-6-4-3-5-7-14/h3-13H,1-2H3. The SMILES string of the molecule is COc1cc(Br)c(S(=O)(=O)Oc2ccc(C(=O)c3ccccc3)cc2)cc1OC. The smallest absolute Gasteiger partial charge is 0.340 e. The van der Waals surface area contributed by atoms with Gasteiger partial charge in [-0.25, -0.2) is 0 Å². The minimum absolute atomic E-state index is 0.0799. The second kappa shape index (κ2) is 8.67. The highest BCUT2D eigenvalue weighted by Gasteiger charge is 2.23. The highest BCUT2D eigenvalue weighted by molar-refractivity contribution is 9.10. The maximum absolute atomic E-state index is 12.7. The third kappa shape index (κ3) is 4.60. The molecule has 0 amide bonds. The molecule has 0 aliphatic carbocycles. The third-order valence-electron chi connectivity index (χ3n) is 4.07. The van der Waals surface area contributed by atoms with Crippen molar-refractivity contribution in [3.63, 3.8) is 0 Å². The molecule has 0 bridgehead atoms. The summed E-state index contributed by atoms with van der Waals surface area (Å²) < 4.78 is 41.2. The van der Waals surface area contributed by atoms with Crippen molar-refractivity contribution >= 4 is 31.8 Å². The first kappa shape index (κ1) is 20.9. The Bertz CT molecular complexity index is 1130. The zero-order valence-corrected chi connectivity index (χ0v) is 18.0. The predicted molar refractivity (Wildman–Crippen MR) is 111 cm³/mol. The van der Waals surface area contributed by atoms with Crippen LogP contribution in [0.2, 0.25) is 0 Å². The molecule has 6 nitrogen and oxygen atoms in total. The third-order valence-corrected chi connectivity index (χ3v) is 6.27. The molecule has 0 aliphatic heterocycles. The molecule has 0 fully saturated rings. The van der Waals surface area contributed by atoms with E-state index in [0.29, 0.717) is 16.9 Å². The van der Waals surface area contributed by atoms with E-state index in [1.165, 1.54) is 50.6 Å². The van der Waals surface area contributed by atoms with Crippen molar-refractivity contribution in [2.24, 2.45) is 0 Å². The summed E-state index contributed by atoms with van der Waals surface area (Å²) in [5.41, 5.74) is 0.969. The molecule has 0 N–H and O–H groups in total. The minimum atomic E-state index is -4.15. The predicted octanol–water partition coefficient (Wildman–Crippen LogP) is 4.47. The molecule has 29 heavy (non-hydrogen) atoms. The molecular formula is C21H17BrO6S. The number of rotatable bonds is 7. The lowest BCUT2D eigenvalue weighted by Crippen LogP contribution is -2.11. The fraction of sp³-hybridized carbons (Fsp3) is 0.0952. The first-order valence-corrected chi connectivity index (χ1v) is 10.6. The second-order valence-corrected chi connectivity index (χ2v) is 8.26. The number of halogens is 1. The van der Waals surface area contributed by atoms with Crippen LogP contribution in [0, 0.1) is 0 Å². The summed E-state index contributed by atoms with van der Waals surface area (Å²) >= 11 is 3.22. The molecule has 0 aliphatic rings. The quantitative estimate of drug-likeness (QED) is 0.369. The van der Waals surface area contributed by atoms with Crippen LogP contribution in [-0.4, -0.2) is 28.4 Å². The Hall–Kier alpha value is -2.84. The van der Waals surface area contributed by atoms with E-state index in [4.69, 9.17) is 13.7 Å². The van der Waals surface area contributed by atoms with Crippen LogP contribution in [0.3, 0.4) is 0 Å². The summed E-state index contributed by atoms with van der Waals surface area (Å²) in [6.07, 6.45) is 0. The summed E-state index contributed by atoms with van der Waals surface area (Å²) in [4.78, 5) is 12.3. The van der Waals surface area contributed by atoms with Crippen LogP contribution in [0.15, 0.2) is 76.1 Å². The summed E-state index contributed by atoms with van der Waals surface area (Å²) in [6.45, 7) is 0. The van der Waals surface area contributed by atoms with Gasteiger partial charge in [-0.15, -0.1) is 0 Å². The van der Waals surface area contributed by atoms with Crippen LogP contribution in [0.4, 0.5) is 0 Å². The van der Waals surface area contributed by atoms with Gasteiger partial charge in [-0.3, -0.25) is 4.79 Å². The van der Waals surface area contributed by atoms with E-state index in [-0.39, 0.29) is 26.7 Å². The number of carbonyl (C=O) groups excluding carboxylic acids is 1. The van der Waals surface area contributed by atoms with Gasteiger partial charge in [0.1, 0.15) is 10.6 Å². The summed E-state index contributed by atoms with van der Waals surface area (Å²) in [6, 6.07) is 17.5. The fourth-order valence-corrected chi connectivity index (χ4v) is 4.54. The van der Waals surface area contributed by atoms with Crippen LogP contribution in [0.1, 0.15) is 15.9 Å². The van der Waals surface area contributed by atoms with E-state index < -0.39 is 10.1 Å². The van der Waals surface area contributed by atoms with Crippen molar-refractivity contribution in [1.29, 1.82) is 0 Å². The molecule has 150 valence electrons. The van der Waals surface area contributed by atoms with Crippen LogP contribution in [-0.2, 0) is 10.1 Å². The lowest BCUT2D eigenvalue weighted by Gasteiger charge is -2.13. The van der Waals surface area contributed by atoms with Gasteiger partial charge >= 0.3 is 10.1 Å². The van der Waals surface area contributed by atoms with E-state index >= 15 is 0 Å². The Kier molecular flexibility index (Phi) is 6.24. The number of ketones is 1. The normalized spacial score (nSPS) is 11.0. The van der Waals surface area contributed by atoms with Crippen LogP contribution in [0.5, 0.6) is 17.2 Å². The lowest BCUT2D eigenvalue weighted by molar-refractivity contribution is 0.103. The number of hydrogen-bond donors (Lipinski definition) is 0. The molecule has 0 radical (unpaired) electrons. The minimum Gasteiger partial charge on any atom is -0.493 e. The van der Waals surface area contributed by atoms with Crippen molar-refractivity contribution < 1.29 is 26.9 Å². The van der Waals surface area contributed by atoms with Gasteiger partial charge in [0.15, 0.2) is 17.3 Å². The summed E-state index contributed by atoms with van der Waals surface area (Å²) in [5, 5.41) is 0. The van der Waals surface area contributed by atoms with Gasteiger partial charge in [0.25, 0.3) is 0 Å². The molecule has 0 aromatic heterocycles. The molecule has 3 rings (SSSR count). The summed E-state index contributed by atoms with van der Waals surface area (Å²) in [5.74, 6) is 0.544. The van der Waals surface area contributed by atoms with E-state index in [1.807, 2.05) is 6.07 Å². The van der Waals surface area contributed by atoms with Crippen molar-refractivity contribution in [2.75, 3.05) is 14.2 Å². The average molecular weight is 477 g/mol. The maximum atomic E-state index is 12.7. The maximum Gasteiger partial charge on any atom is 0.340 e. The van der Waals surface area contributed by atoms with E-state index in [2.05, 4.69) is 15.9 Å².